The predicted octanol–water partition coefficient (Wildman–Crippen LogP) is 0.119. The minimum absolute atomic E-state index is 0.0474. The highest BCUT2D eigenvalue weighted by Crippen LogP contribution is 2.13. The molecule has 0 aromatic carbocycles. The van der Waals surface area contributed by atoms with E-state index in [4.69, 9.17) is 10.2 Å². The van der Waals surface area contributed by atoms with E-state index in [-0.39, 0.29) is 11.1 Å². The van der Waals surface area contributed by atoms with Gasteiger partial charge in [-0.25, -0.2) is 9.59 Å². The summed E-state index contributed by atoms with van der Waals surface area (Å²) in [7, 11) is 0. The van der Waals surface area contributed by atoms with E-state index in [1.54, 1.807) is 0 Å². The molecule has 0 saturated heterocycles. The lowest BCUT2D eigenvalue weighted by molar-refractivity contribution is -0.135. The zero-order valence-electron chi connectivity index (χ0n) is 8.97. The summed E-state index contributed by atoms with van der Waals surface area (Å²) in [6, 6.07) is 0. The summed E-state index contributed by atoms with van der Waals surface area (Å²) in [5, 5.41) is 35.7. The average Bonchev–Trinajstić information content (AvgIpc) is 2.13. The van der Waals surface area contributed by atoms with Crippen molar-refractivity contribution in [2.45, 2.75) is 26.1 Å². The molecule has 0 radical (unpaired) electrons. The van der Waals surface area contributed by atoms with Crippen molar-refractivity contribution in [2.75, 3.05) is 0 Å². The third-order valence-electron chi connectivity index (χ3n) is 1.83. The Hall–Kier alpha value is -1.66. The molecule has 0 spiro atoms. The Morgan fingerprint density at radius 1 is 1.06 bits per heavy atom. The molecule has 0 heterocycles. The van der Waals surface area contributed by atoms with Gasteiger partial charge in [0.15, 0.2) is 5.79 Å². The lowest BCUT2D eigenvalue weighted by Crippen LogP contribution is -2.25. The first-order valence-corrected chi connectivity index (χ1v) is 4.43. The van der Waals surface area contributed by atoms with Gasteiger partial charge in [0.2, 0.25) is 0 Å². The first-order valence-electron chi connectivity index (χ1n) is 4.43. The molecule has 0 atom stereocenters. The number of carbonyl (C=O) groups is 2. The number of rotatable bonds is 5. The lowest BCUT2D eigenvalue weighted by Gasteiger charge is -2.16. The van der Waals surface area contributed by atoms with Gasteiger partial charge < -0.3 is 20.4 Å². The number of hydrogen-bond acceptors (Lipinski definition) is 4. The van der Waals surface area contributed by atoms with Crippen LogP contribution in [0.2, 0.25) is 0 Å². The van der Waals surface area contributed by atoms with Gasteiger partial charge in [0, 0.05) is 17.6 Å². The molecule has 0 aliphatic heterocycles. The first-order chi connectivity index (χ1) is 7.15. The fraction of sp³-hybridized carbons (Fsp3) is 0.400. The maximum Gasteiger partial charge on any atom is 0.331 e. The highest BCUT2D eigenvalue weighted by molar-refractivity contribution is 5.86. The summed E-state index contributed by atoms with van der Waals surface area (Å²) < 4.78 is 0. The summed E-state index contributed by atoms with van der Waals surface area (Å²) in [4.78, 5) is 20.8. The van der Waals surface area contributed by atoms with E-state index in [1.165, 1.54) is 13.8 Å². The van der Waals surface area contributed by atoms with Crippen LogP contribution in [0, 0.1) is 0 Å². The van der Waals surface area contributed by atoms with Crippen LogP contribution in [-0.4, -0.2) is 38.2 Å². The molecule has 90 valence electrons. The Balaban J connectivity index is 4.71. The number of aliphatic carboxylic acids is 2. The second-order valence-corrected chi connectivity index (χ2v) is 3.41. The zero-order valence-corrected chi connectivity index (χ0v) is 8.97. The summed E-state index contributed by atoms with van der Waals surface area (Å²) in [6.07, 6.45) is 1.46. The molecule has 0 saturated carbocycles. The highest BCUT2D eigenvalue weighted by atomic mass is 16.5. The summed E-state index contributed by atoms with van der Waals surface area (Å²) in [6.45, 7) is 2.50. The van der Waals surface area contributed by atoms with Crippen molar-refractivity contribution in [3.05, 3.63) is 23.3 Å². The largest absolute Gasteiger partial charge is 0.478 e. The van der Waals surface area contributed by atoms with Crippen molar-refractivity contribution < 1.29 is 30.0 Å². The molecule has 0 unspecified atom stereocenters. The third kappa shape index (κ3) is 5.28. The Morgan fingerprint density at radius 2 is 1.50 bits per heavy atom. The second-order valence-electron chi connectivity index (χ2n) is 3.41. The van der Waals surface area contributed by atoms with Crippen LogP contribution < -0.4 is 0 Å². The molecule has 6 nitrogen and oxygen atoms in total. The summed E-state index contributed by atoms with van der Waals surface area (Å²) in [5.41, 5.74) is -0.278. The van der Waals surface area contributed by atoms with E-state index >= 15 is 0 Å². The number of carboxylic acid groups (broad SMARTS) is 2. The van der Waals surface area contributed by atoms with Crippen molar-refractivity contribution in [2.24, 2.45) is 0 Å². The van der Waals surface area contributed by atoms with Gasteiger partial charge in [0.1, 0.15) is 0 Å². The molecule has 0 bridgehead atoms. The van der Waals surface area contributed by atoms with Crippen LogP contribution >= 0.6 is 0 Å². The lowest BCUT2D eigenvalue weighted by atomic mass is 10.1. The number of hydrogen-bond donors (Lipinski definition) is 4. The molecule has 0 rings (SSSR count). The fourth-order valence-electron chi connectivity index (χ4n) is 0.858. The minimum Gasteiger partial charge on any atom is -0.478 e. The standard InChI is InChI=1S/C10H14O6/c1-6(8(11)12)3-4-10(15,16)5-7(2)9(13)14/h3,5,15-16H,4H2,1-2H3,(H,11,12)(H,13,14). The third-order valence-corrected chi connectivity index (χ3v) is 1.83. The van der Waals surface area contributed by atoms with E-state index in [2.05, 4.69) is 0 Å². The molecule has 4 N–H and O–H groups in total. The maximum absolute atomic E-state index is 10.4. The van der Waals surface area contributed by atoms with Gasteiger partial charge in [-0.3, -0.25) is 0 Å². The molecular weight excluding hydrogens is 216 g/mol. The van der Waals surface area contributed by atoms with Crippen LogP contribution in [0.15, 0.2) is 23.3 Å². The van der Waals surface area contributed by atoms with E-state index in [0.717, 1.165) is 12.2 Å². The first kappa shape index (κ1) is 14.3. The topological polar surface area (TPSA) is 115 Å². The molecule has 0 aromatic heterocycles. The van der Waals surface area contributed by atoms with Gasteiger partial charge in [-0.2, -0.15) is 0 Å². The average molecular weight is 230 g/mol. The maximum atomic E-state index is 10.4. The van der Waals surface area contributed by atoms with Crippen molar-refractivity contribution >= 4 is 11.9 Å². The Bertz CT molecular complexity index is 350. The number of carboxylic acids is 2. The van der Waals surface area contributed by atoms with Crippen molar-refractivity contribution in [3.63, 3.8) is 0 Å². The number of aliphatic hydroxyl groups is 2. The van der Waals surface area contributed by atoms with Gasteiger partial charge in [-0.15, -0.1) is 0 Å². The molecule has 0 fully saturated rings. The normalized spacial score (nSPS) is 13.8. The SMILES string of the molecule is CC(=CCC(O)(O)C=C(C)C(=O)O)C(=O)O. The highest BCUT2D eigenvalue weighted by Gasteiger charge is 2.20. The van der Waals surface area contributed by atoms with Crippen LogP contribution in [0.5, 0.6) is 0 Å². The van der Waals surface area contributed by atoms with Crippen LogP contribution in [0.1, 0.15) is 20.3 Å². The molecule has 6 heteroatoms. The van der Waals surface area contributed by atoms with Crippen LogP contribution in [0.4, 0.5) is 0 Å². The monoisotopic (exact) mass is 230 g/mol. The predicted molar refractivity (Wildman–Crippen MR) is 54.6 cm³/mol. The molecule has 16 heavy (non-hydrogen) atoms. The van der Waals surface area contributed by atoms with E-state index in [0.29, 0.717) is 0 Å². The fourth-order valence-corrected chi connectivity index (χ4v) is 0.858. The van der Waals surface area contributed by atoms with Gasteiger partial charge in [0.25, 0.3) is 0 Å². The van der Waals surface area contributed by atoms with Gasteiger partial charge >= 0.3 is 11.9 Å². The molecule has 0 aliphatic rings. The Labute approximate surface area is 92.1 Å². The van der Waals surface area contributed by atoms with Crippen molar-refractivity contribution in [1.29, 1.82) is 0 Å². The molecule has 0 aromatic rings. The quantitative estimate of drug-likeness (QED) is 0.394. The van der Waals surface area contributed by atoms with Crippen LogP contribution in [-0.2, 0) is 9.59 Å². The molecule has 0 aliphatic carbocycles. The van der Waals surface area contributed by atoms with Crippen LogP contribution in [0.3, 0.4) is 0 Å². The second kappa shape index (κ2) is 5.43. The zero-order chi connectivity index (χ0) is 12.9. The van der Waals surface area contributed by atoms with E-state index in [9.17, 15) is 19.8 Å². The van der Waals surface area contributed by atoms with E-state index in [1.807, 2.05) is 0 Å². The minimum atomic E-state index is -2.36. The Morgan fingerprint density at radius 3 is 1.88 bits per heavy atom. The van der Waals surface area contributed by atoms with Gasteiger partial charge in [-0.05, 0) is 19.9 Å². The van der Waals surface area contributed by atoms with Crippen LogP contribution in [0.25, 0.3) is 0 Å². The molecular formula is C10H14O6. The van der Waals surface area contributed by atoms with Gasteiger partial charge in [-0.1, -0.05) is 6.08 Å². The van der Waals surface area contributed by atoms with Crippen molar-refractivity contribution in [3.8, 4) is 0 Å². The molecule has 0 amide bonds. The summed E-state index contributed by atoms with van der Waals surface area (Å²) in [5.74, 6) is -4.81. The summed E-state index contributed by atoms with van der Waals surface area (Å²) >= 11 is 0. The smallest absolute Gasteiger partial charge is 0.331 e. The Kier molecular flexibility index (Phi) is 4.87. The van der Waals surface area contributed by atoms with E-state index < -0.39 is 24.1 Å². The van der Waals surface area contributed by atoms with Gasteiger partial charge in [0.05, 0.1) is 0 Å². The van der Waals surface area contributed by atoms with Crippen molar-refractivity contribution in [1.82, 2.24) is 0 Å².